The van der Waals surface area contributed by atoms with Crippen molar-refractivity contribution in [1.82, 2.24) is 4.90 Å². The Morgan fingerprint density at radius 1 is 1.22 bits per heavy atom. The summed E-state index contributed by atoms with van der Waals surface area (Å²) in [6, 6.07) is 13.2. The number of aliphatic hydroxyl groups excluding tert-OH is 1. The molecule has 0 bridgehead atoms. The van der Waals surface area contributed by atoms with Gasteiger partial charge in [-0.05, 0) is 48.8 Å². The van der Waals surface area contributed by atoms with Gasteiger partial charge in [0.1, 0.15) is 5.75 Å². The Labute approximate surface area is 218 Å². The van der Waals surface area contributed by atoms with E-state index >= 15 is 0 Å². The lowest BCUT2D eigenvalue weighted by Crippen LogP contribution is -2.48. The SMILES string of the molecule is COc1ccc2c(c1)[C@@]1(O[C@H](CC(=O)N3Cc4ccccc4C[C@H]3CO)[C@@H]([Si](C)(C)O)[C@@H]1C)C(=O)N2C. The van der Waals surface area contributed by atoms with Gasteiger partial charge in [-0.25, -0.2) is 0 Å². The first-order valence-electron chi connectivity index (χ1n) is 12.9. The number of benzene rings is 2. The Kier molecular flexibility index (Phi) is 6.46. The fourth-order valence-corrected chi connectivity index (χ4v) is 9.38. The number of carbonyl (C=O) groups is 2. The van der Waals surface area contributed by atoms with Crippen molar-refractivity contribution in [2.75, 3.05) is 25.7 Å². The molecule has 198 valence electrons. The molecule has 1 saturated heterocycles. The molecule has 0 unspecified atom stereocenters. The van der Waals surface area contributed by atoms with E-state index in [9.17, 15) is 19.5 Å². The molecule has 1 fully saturated rings. The van der Waals surface area contributed by atoms with Crippen LogP contribution < -0.4 is 9.64 Å². The van der Waals surface area contributed by atoms with E-state index in [1.807, 2.05) is 62.5 Å². The molecule has 2 aromatic rings. The molecule has 3 aliphatic heterocycles. The highest BCUT2D eigenvalue weighted by Crippen LogP contribution is 2.59. The Morgan fingerprint density at radius 3 is 2.57 bits per heavy atom. The van der Waals surface area contributed by atoms with Gasteiger partial charge in [0.25, 0.3) is 5.91 Å². The summed E-state index contributed by atoms with van der Waals surface area (Å²) < 4.78 is 12.1. The number of anilines is 1. The van der Waals surface area contributed by atoms with Crippen molar-refractivity contribution in [3.8, 4) is 5.75 Å². The molecule has 8 nitrogen and oxygen atoms in total. The fraction of sp³-hybridized carbons (Fsp3) is 0.500. The topological polar surface area (TPSA) is 99.5 Å². The monoisotopic (exact) mass is 524 g/mol. The quantitative estimate of drug-likeness (QED) is 0.584. The van der Waals surface area contributed by atoms with Crippen LogP contribution in [0.4, 0.5) is 5.69 Å². The summed E-state index contributed by atoms with van der Waals surface area (Å²) >= 11 is 0. The van der Waals surface area contributed by atoms with E-state index < -0.39 is 20.0 Å². The number of hydrogen-bond acceptors (Lipinski definition) is 6. The zero-order valence-corrected chi connectivity index (χ0v) is 23.1. The molecule has 3 aliphatic rings. The molecule has 0 aromatic heterocycles. The first kappa shape index (κ1) is 25.9. The third-order valence-corrected chi connectivity index (χ3v) is 11.1. The summed E-state index contributed by atoms with van der Waals surface area (Å²) in [4.78, 5) is 42.3. The maximum absolute atomic E-state index is 13.8. The lowest BCUT2D eigenvalue weighted by molar-refractivity contribution is -0.150. The van der Waals surface area contributed by atoms with Crippen molar-refractivity contribution in [2.45, 2.75) is 62.7 Å². The fourth-order valence-electron chi connectivity index (χ4n) is 6.82. The molecule has 5 atom stereocenters. The van der Waals surface area contributed by atoms with Crippen molar-refractivity contribution in [3.63, 3.8) is 0 Å². The van der Waals surface area contributed by atoms with Crippen LogP contribution >= 0.6 is 0 Å². The van der Waals surface area contributed by atoms with Crippen molar-refractivity contribution in [2.24, 2.45) is 5.92 Å². The van der Waals surface area contributed by atoms with E-state index in [1.165, 1.54) is 0 Å². The largest absolute Gasteiger partial charge is 0.497 e. The van der Waals surface area contributed by atoms with Crippen molar-refractivity contribution in [3.05, 3.63) is 59.2 Å². The maximum Gasteiger partial charge on any atom is 0.264 e. The molecular formula is C28H36N2O6Si. The van der Waals surface area contributed by atoms with Crippen LogP contribution in [0.25, 0.3) is 0 Å². The van der Waals surface area contributed by atoms with Gasteiger partial charge in [-0.1, -0.05) is 31.2 Å². The molecule has 2 amide bonds. The number of fused-ring (bicyclic) bond motifs is 3. The van der Waals surface area contributed by atoms with Crippen LogP contribution in [-0.4, -0.2) is 67.8 Å². The number of ether oxygens (including phenoxy) is 2. The standard InChI is InChI=1S/C28H36N2O6Si/c1-17-26(37(4,5)34)24(14-25(32)30-15-19-9-7-6-8-18(19)12-20(30)16-31)36-28(17)22-13-21(35-3)10-11-23(22)29(2)27(28)33/h6-11,13,17,20,24,26,31,34H,12,14-16H2,1-5H3/t17-,20-,24+,26-,28+/m0/s1. The molecule has 0 radical (unpaired) electrons. The van der Waals surface area contributed by atoms with Crippen LogP contribution in [0.3, 0.4) is 0 Å². The summed E-state index contributed by atoms with van der Waals surface area (Å²) in [5.74, 6) is -0.0697. The maximum atomic E-state index is 13.8. The zero-order chi connectivity index (χ0) is 26.7. The summed E-state index contributed by atoms with van der Waals surface area (Å²) in [6.07, 6.45) is -0.0206. The first-order valence-corrected chi connectivity index (χ1v) is 15.9. The average molecular weight is 525 g/mol. The van der Waals surface area contributed by atoms with Crippen LogP contribution in [0.5, 0.6) is 5.75 Å². The van der Waals surface area contributed by atoms with Gasteiger partial charge in [-0.3, -0.25) is 9.59 Å². The second kappa shape index (κ2) is 9.23. The highest BCUT2D eigenvalue weighted by Gasteiger charge is 2.66. The lowest BCUT2D eigenvalue weighted by atomic mass is 9.82. The van der Waals surface area contributed by atoms with Crippen LogP contribution in [-0.2, 0) is 32.9 Å². The molecule has 2 N–H and O–H groups in total. The van der Waals surface area contributed by atoms with Crippen molar-refractivity contribution in [1.29, 1.82) is 0 Å². The zero-order valence-electron chi connectivity index (χ0n) is 22.1. The Balaban J connectivity index is 1.50. The molecule has 0 aliphatic carbocycles. The molecule has 0 saturated carbocycles. The van der Waals surface area contributed by atoms with Crippen LogP contribution in [0, 0.1) is 5.92 Å². The van der Waals surface area contributed by atoms with Crippen molar-refractivity contribution < 1.29 is 29.0 Å². The van der Waals surface area contributed by atoms with Crippen LogP contribution in [0.1, 0.15) is 30.0 Å². The minimum absolute atomic E-state index is 0.0305. The van der Waals surface area contributed by atoms with E-state index in [0.29, 0.717) is 24.3 Å². The van der Waals surface area contributed by atoms with Gasteiger partial charge in [-0.2, -0.15) is 0 Å². The van der Waals surface area contributed by atoms with Gasteiger partial charge in [0.05, 0.1) is 38.0 Å². The molecule has 3 heterocycles. The number of amides is 2. The molecule has 5 rings (SSSR count). The van der Waals surface area contributed by atoms with E-state index in [0.717, 1.165) is 16.8 Å². The molecule has 1 spiro atoms. The van der Waals surface area contributed by atoms with Gasteiger partial charge in [0, 0.05) is 30.6 Å². The predicted octanol–water partition coefficient (Wildman–Crippen LogP) is 2.81. The van der Waals surface area contributed by atoms with Crippen LogP contribution in [0.15, 0.2) is 42.5 Å². The van der Waals surface area contributed by atoms with E-state index in [4.69, 9.17) is 9.47 Å². The van der Waals surface area contributed by atoms with E-state index in [-0.39, 0.29) is 42.3 Å². The molecule has 9 heteroatoms. The second-order valence-corrected chi connectivity index (χ2v) is 15.1. The lowest BCUT2D eigenvalue weighted by Gasteiger charge is -2.37. The number of likely N-dealkylation sites (N-methyl/N-ethyl adjacent to an activating group) is 1. The third-order valence-electron chi connectivity index (χ3n) is 8.58. The number of aliphatic hydroxyl groups is 1. The molecular weight excluding hydrogens is 488 g/mol. The predicted molar refractivity (Wildman–Crippen MR) is 142 cm³/mol. The summed E-state index contributed by atoms with van der Waals surface area (Å²) in [7, 11) is 0.421. The number of nitrogens with zero attached hydrogens (tertiary/aromatic N) is 2. The number of hydrogen-bond donors (Lipinski definition) is 2. The summed E-state index contributed by atoms with van der Waals surface area (Å²) in [6.45, 7) is 5.93. The summed E-state index contributed by atoms with van der Waals surface area (Å²) in [5, 5.41) is 10.1. The summed E-state index contributed by atoms with van der Waals surface area (Å²) in [5.41, 5.74) is 2.02. The minimum Gasteiger partial charge on any atom is -0.497 e. The minimum atomic E-state index is -2.89. The first-order chi connectivity index (χ1) is 17.5. The van der Waals surface area contributed by atoms with Gasteiger partial charge >= 0.3 is 0 Å². The second-order valence-electron chi connectivity index (χ2n) is 11.1. The average Bonchev–Trinajstić information content (AvgIpc) is 3.29. The van der Waals surface area contributed by atoms with E-state index in [2.05, 4.69) is 0 Å². The number of carbonyl (C=O) groups excluding carboxylic acids is 2. The number of rotatable bonds is 5. The molecule has 2 aromatic carbocycles. The Morgan fingerprint density at radius 2 is 1.92 bits per heavy atom. The Bertz CT molecular complexity index is 1230. The van der Waals surface area contributed by atoms with E-state index in [1.54, 1.807) is 24.0 Å². The van der Waals surface area contributed by atoms with Gasteiger partial charge in [0.2, 0.25) is 5.91 Å². The van der Waals surface area contributed by atoms with Crippen molar-refractivity contribution >= 4 is 25.8 Å². The van der Waals surface area contributed by atoms with Gasteiger partial charge in [0.15, 0.2) is 13.9 Å². The molecule has 37 heavy (non-hydrogen) atoms. The normalized spacial score (nSPS) is 29.0. The van der Waals surface area contributed by atoms with Crippen LogP contribution in [0.2, 0.25) is 18.6 Å². The highest BCUT2D eigenvalue weighted by atomic mass is 28.4. The smallest absolute Gasteiger partial charge is 0.264 e. The number of methoxy groups -OCH3 is 1. The van der Waals surface area contributed by atoms with Gasteiger partial charge in [-0.15, -0.1) is 0 Å². The Hall–Kier alpha value is -2.72. The van der Waals surface area contributed by atoms with Gasteiger partial charge < -0.3 is 29.2 Å². The third kappa shape index (κ3) is 3.99. The highest BCUT2D eigenvalue weighted by molar-refractivity contribution is 6.71.